The minimum Gasteiger partial charge on any atom is -0.496 e. The van der Waals surface area contributed by atoms with Gasteiger partial charge in [0.15, 0.2) is 0 Å². The summed E-state index contributed by atoms with van der Waals surface area (Å²) in [5.74, 6) is 1.34. The molecule has 0 N–H and O–H groups in total. The molecule has 2 aromatic carbocycles. The van der Waals surface area contributed by atoms with Crippen molar-refractivity contribution in [3.05, 3.63) is 72.0 Å². The van der Waals surface area contributed by atoms with Crippen molar-refractivity contribution in [1.82, 2.24) is 4.90 Å². The zero-order valence-corrected chi connectivity index (χ0v) is 14.6. The normalized spacial score (nSPS) is 12.4. The zero-order chi connectivity index (χ0) is 17.8. The highest BCUT2D eigenvalue weighted by molar-refractivity contribution is 5.92. The van der Waals surface area contributed by atoms with E-state index in [1.807, 2.05) is 61.5 Å². The van der Waals surface area contributed by atoms with Crippen molar-refractivity contribution in [1.29, 1.82) is 0 Å². The number of ether oxygens (including phenoxy) is 1. The number of para-hydroxylation sites is 2. The van der Waals surface area contributed by atoms with Crippen LogP contribution in [-0.4, -0.2) is 25.0 Å². The largest absolute Gasteiger partial charge is 0.496 e. The molecule has 0 saturated heterocycles. The summed E-state index contributed by atoms with van der Waals surface area (Å²) in [6.45, 7) is 1.98. The van der Waals surface area contributed by atoms with Crippen molar-refractivity contribution in [3.8, 4) is 5.75 Å². The van der Waals surface area contributed by atoms with Crippen molar-refractivity contribution >= 4 is 23.0 Å². The van der Waals surface area contributed by atoms with Crippen molar-refractivity contribution in [3.63, 3.8) is 0 Å². The maximum absolute atomic E-state index is 12.5. The molecular weight excluding hydrogens is 314 g/mol. The van der Waals surface area contributed by atoms with Gasteiger partial charge in [0.2, 0.25) is 5.91 Å². The van der Waals surface area contributed by atoms with Crippen LogP contribution in [0.15, 0.2) is 65.1 Å². The number of amides is 1. The smallest absolute Gasteiger partial charge is 0.246 e. The molecule has 0 aliphatic heterocycles. The molecule has 1 amide bonds. The number of furan rings is 1. The highest BCUT2D eigenvalue weighted by Crippen LogP contribution is 2.28. The lowest BCUT2D eigenvalue weighted by molar-refractivity contribution is -0.126. The Balaban J connectivity index is 1.75. The van der Waals surface area contributed by atoms with Crippen LogP contribution in [0.1, 0.15) is 24.3 Å². The average Bonchev–Trinajstić information content (AvgIpc) is 3.07. The van der Waals surface area contributed by atoms with Gasteiger partial charge in [0.05, 0.1) is 13.2 Å². The lowest BCUT2D eigenvalue weighted by atomic mass is 10.1. The standard InChI is InChI=1S/C21H21NO3/c1-15(18-9-5-7-11-20(18)24-3)22(2)21(23)13-12-17-14-16-8-4-6-10-19(16)25-17/h4-15H,1-3H3. The molecule has 128 valence electrons. The van der Waals surface area contributed by atoms with Crippen molar-refractivity contribution in [2.45, 2.75) is 13.0 Å². The molecule has 0 spiro atoms. The van der Waals surface area contributed by atoms with E-state index in [0.717, 1.165) is 22.3 Å². The number of rotatable bonds is 5. The number of carbonyl (C=O) groups excluding carboxylic acids is 1. The predicted octanol–water partition coefficient (Wildman–Crippen LogP) is 4.67. The van der Waals surface area contributed by atoms with E-state index in [4.69, 9.17) is 9.15 Å². The van der Waals surface area contributed by atoms with Crippen LogP contribution in [0.5, 0.6) is 5.75 Å². The minimum atomic E-state index is -0.107. The number of nitrogens with zero attached hydrogens (tertiary/aromatic N) is 1. The summed E-state index contributed by atoms with van der Waals surface area (Å²) in [5.41, 5.74) is 1.78. The summed E-state index contributed by atoms with van der Waals surface area (Å²) < 4.78 is 11.1. The number of methoxy groups -OCH3 is 1. The molecular formula is C21H21NO3. The Bertz CT molecular complexity index is 877. The molecule has 0 radical (unpaired) electrons. The molecule has 0 aliphatic carbocycles. The molecule has 0 bridgehead atoms. The predicted molar refractivity (Wildman–Crippen MR) is 99.4 cm³/mol. The minimum absolute atomic E-state index is 0.0983. The summed E-state index contributed by atoms with van der Waals surface area (Å²) in [7, 11) is 3.41. The van der Waals surface area contributed by atoms with E-state index < -0.39 is 0 Å². The van der Waals surface area contributed by atoms with Crippen molar-refractivity contribution in [2.75, 3.05) is 14.2 Å². The SMILES string of the molecule is COc1ccccc1C(C)N(C)C(=O)C=Cc1cc2ccccc2o1. The highest BCUT2D eigenvalue weighted by Gasteiger charge is 2.18. The van der Waals surface area contributed by atoms with Gasteiger partial charge in [-0.1, -0.05) is 36.4 Å². The molecule has 3 aromatic rings. The molecule has 4 nitrogen and oxygen atoms in total. The van der Waals surface area contributed by atoms with E-state index in [9.17, 15) is 4.79 Å². The molecule has 1 heterocycles. The maximum atomic E-state index is 12.5. The van der Waals surface area contributed by atoms with Crippen LogP contribution < -0.4 is 4.74 Å². The first-order valence-electron chi connectivity index (χ1n) is 8.16. The Morgan fingerprint density at radius 1 is 1.16 bits per heavy atom. The summed E-state index contributed by atoms with van der Waals surface area (Å²) in [5, 5.41) is 1.02. The van der Waals surface area contributed by atoms with E-state index in [1.54, 1.807) is 25.1 Å². The van der Waals surface area contributed by atoms with Crippen molar-refractivity contribution < 1.29 is 13.9 Å². The molecule has 4 heteroatoms. The second kappa shape index (κ2) is 7.26. The molecule has 25 heavy (non-hydrogen) atoms. The number of likely N-dealkylation sites (N-methyl/N-ethyl adjacent to an activating group) is 1. The summed E-state index contributed by atoms with van der Waals surface area (Å²) in [6.07, 6.45) is 3.23. The molecule has 3 rings (SSSR count). The Labute approximate surface area is 147 Å². The second-order valence-electron chi connectivity index (χ2n) is 5.89. The first-order chi connectivity index (χ1) is 12.1. The van der Waals surface area contributed by atoms with Crippen molar-refractivity contribution in [2.24, 2.45) is 0 Å². The third-order valence-corrected chi connectivity index (χ3v) is 4.35. The Morgan fingerprint density at radius 2 is 1.88 bits per heavy atom. The molecule has 1 atom stereocenters. The second-order valence-corrected chi connectivity index (χ2v) is 5.89. The monoisotopic (exact) mass is 335 g/mol. The van der Waals surface area contributed by atoms with Gasteiger partial charge in [-0.05, 0) is 31.2 Å². The third-order valence-electron chi connectivity index (χ3n) is 4.35. The van der Waals surface area contributed by atoms with Crippen LogP contribution in [0.25, 0.3) is 17.0 Å². The fraction of sp³-hybridized carbons (Fsp3) is 0.190. The number of hydrogen-bond donors (Lipinski definition) is 0. The molecule has 0 saturated carbocycles. The van der Waals surface area contributed by atoms with Crippen LogP contribution in [-0.2, 0) is 4.79 Å². The van der Waals surface area contributed by atoms with Gasteiger partial charge in [-0.3, -0.25) is 4.79 Å². The Hall–Kier alpha value is -3.01. The van der Waals surface area contributed by atoms with Gasteiger partial charge in [-0.25, -0.2) is 0 Å². The molecule has 0 aliphatic rings. The fourth-order valence-corrected chi connectivity index (χ4v) is 2.77. The fourth-order valence-electron chi connectivity index (χ4n) is 2.77. The van der Waals surface area contributed by atoms with Gasteiger partial charge in [0.25, 0.3) is 0 Å². The van der Waals surface area contributed by atoms with E-state index in [-0.39, 0.29) is 11.9 Å². The lowest BCUT2D eigenvalue weighted by Gasteiger charge is -2.25. The Morgan fingerprint density at radius 3 is 2.64 bits per heavy atom. The van der Waals surface area contributed by atoms with E-state index in [0.29, 0.717) is 5.76 Å². The third kappa shape index (κ3) is 3.58. The summed E-state index contributed by atoms with van der Waals surface area (Å²) >= 11 is 0. The van der Waals surface area contributed by atoms with Crippen LogP contribution in [0.3, 0.4) is 0 Å². The number of hydrogen-bond acceptors (Lipinski definition) is 3. The summed E-state index contributed by atoms with van der Waals surface area (Å²) in [4.78, 5) is 14.2. The highest BCUT2D eigenvalue weighted by atomic mass is 16.5. The van der Waals surface area contributed by atoms with Crippen LogP contribution in [0.4, 0.5) is 0 Å². The topological polar surface area (TPSA) is 42.7 Å². The first kappa shape index (κ1) is 16.8. The van der Waals surface area contributed by atoms with Gasteiger partial charge in [-0.15, -0.1) is 0 Å². The quantitative estimate of drug-likeness (QED) is 0.636. The lowest BCUT2D eigenvalue weighted by Crippen LogP contribution is -2.28. The number of benzene rings is 2. The zero-order valence-electron chi connectivity index (χ0n) is 14.6. The van der Waals surface area contributed by atoms with Crippen LogP contribution in [0, 0.1) is 0 Å². The van der Waals surface area contributed by atoms with Crippen LogP contribution >= 0.6 is 0 Å². The van der Waals surface area contributed by atoms with E-state index >= 15 is 0 Å². The first-order valence-corrected chi connectivity index (χ1v) is 8.16. The summed E-state index contributed by atoms with van der Waals surface area (Å²) in [6, 6.07) is 17.3. The molecule has 1 aromatic heterocycles. The molecule has 1 unspecified atom stereocenters. The van der Waals surface area contributed by atoms with E-state index in [1.165, 1.54) is 6.08 Å². The number of fused-ring (bicyclic) bond motifs is 1. The van der Waals surface area contributed by atoms with Crippen LogP contribution in [0.2, 0.25) is 0 Å². The Kier molecular flexibility index (Phi) is 4.89. The van der Waals surface area contributed by atoms with Gasteiger partial charge < -0.3 is 14.1 Å². The number of carbonyl (C=O) groups is 1. The average molecular weight is 335 g/mol. The molecule has 0 fully saturated rings. The van der Waals surface area contributed by atoms with Gasteiger partial charge in [0.1, 0.15) is 17.1 Å². The van der Waals surface area contributed by atoms with Gasteiger partial charge >= 0.3 is 0 Å². The van der Waals surface area contributed by atoms with E-state index in [2.05, 4.69) is 0 Å². The van der Waals surface area contributed by atoms with Gasteiger partial charge in [0, 0.05) is 24.1 Å². The maximum Gasteiger partial charge on any atom is 0.246 e. The van der Waals surface area contributed by atoms with Gasteiger partial charge in [-0.2, -0.15) is 0 Å².